The maximum absolute atomic E-state index is 10.1. The summed E-state index contributed by atoms with van der Waals surface area (Å²) < 4.78 is 5.63. The van der Waals surface area contributed by atoms with Gasteiger partial charge in [-0.15, -0.1) is 0 Å². The molecule has 1 N–H and O–H groups in total. The lowest BCUT2D eigenvalue weighted by molar-refractivity contribution is -0.104. The second-order valence-electron chi connectivity index (χ2n) is 2.51. The van der Waals surface area contributed by atoms with Crippen molar-refractivity contribution in [2.45, 2.75) is 0 Å². The molecular weight excluding hydrogens is 248 g/mol. The molecule has 0 heterocycles. The molecule has 0 amide bonds. The summed E-state index contributed by atoms with van der Waals surface area (Å²) in [7, 11) is 1.47. The third-order valence-electron chi connectivity index (χ3n) is 1.69. The molecule has 74 valence electrons. The molecular formula is C10H9BrO3. The van der Waals surface area contributed by atoms with Gasteiger partial charge in [-0.2, -0.15) is 0 Å². The number of aldehydes is 1. The van der Waals surface area contributed by atoms with Crippen LogP contribution in [0.15, 0.2) is 22.7 Å². The van der Waals surface area contributed by atoms with E-state index < -0.39 is 0 Å². The zero-order valence-electron chi connectivity index (χ0n) is 7.53. The van der Waals surface area contributed by atoms with Crippen LogP contribution in [0.1, 0.15) is 5.56 Å². The molecule has 0 spiro atoms. The second kappa shape index (κ2) is 4.81. The molecule has 1 rings (SSSR count). The van der Waals surface area contributed by atoms with Crippen LogP contribution in [-0.2, 0) is 4.79 Å². The molecule has 0 atom stereocenters. The van der Waals surface area contributed by atoms with Crippen molar-refractivity contribution in [3.63, 3.8) is 0 Å². The fourth-order valence-corrected chi connectivity index (χ4v) is 1.47. The summed E-state index contributed by atoms with van der Waals surface area (Å²) in [5, 5.41) is 9.67. The topological polar surface area (TPSA) is 46.5 Å². The average molecular weight is 257 g/mol. The Balaban J connectivity index is 3.24. The van der Waals surface area contributed by atoms with Crippen LogP contribution in [0.25, 0.3) is 6.08 Å². The number of benzene rings is 1. The molecule has 0 bridgehead atoms. The van der Waals surface area contributed by atoms with Crippen molar-refractivity contribution < 1.29 is 14.6 Å². The molecule has 0 radical (unpaired) electrons. The Hall–Kier alpha value is -1.29. The van der Waals surface area contributed by atoms with Crippen molar-refractivity contribution in [1.82, 2.24) is 0 Å². The Morgan fingerprint density at radius 2 is 2.21 bits per heavy atom. The Bertz CT molecular complexity index is 372. The van der Waals surface area contributed by atoms with E-state index in [1.807, 2.05) is 0 Å². The van der Waals surface area contributed by atoms with Crippen molar-refractivity contribution in [3.05, 3.63) is 28.2 Å². The van der Waals surface area contributed by atoms with Crippen molar-refractivity contribution in [1.29, 1.82) is 0 Å². The van der Waals surface area contributed by atoms with Gasteiger partial charge in [-0.3, -0.25) is 4.79 Å². The highest BCUT2D eigenvalue weighted by molar-refractivity contribution is 9.10. The van der Waals surface area contributed by atoms with Gasteiger partial charge in [0.2, 0.25) is 0 Å². The summed E-state index contributed by atoms with van der Waals surface area (Å²) in [6, 6.07) is 3.38. The molecule has 0 unspecified atom stereocenters. The highest BCUT2D eigenvalue weighted by Crippen LogP contribution is 2.35. The number of hydrogen-bond acceptors (Lipinski definition) is 3. The minimum Gasteiger partial charge on any atom is -0.504 e. The SMILES string of the molecule is COc1ccc(Br)c(C=CC=O)c1O. The molecule has 0 aliphatic carbocycles. The minimum absolute atomic E-state index is 0.0139. The smallest absolute Gasteiger partial charge is 0.166 e. The zero-order chi connectivity index (χ0) is 10.6. The van der Waals surface area contributed by atoms with E-state index >= 15 is 0 Å². The van der Waals surface area contributed by atoms with Gasteiger partial charge in [-0.05, 0) is 24.3 Å². The molecule has 0 aliphatic rings. The molecule has 1 aromatic carbocycles. The van der Waals surface area contributed by atoms with E-state index in [1.54, 1.807) is 12.1 Å². The monoisotopic (exact) mass is 256 g/mol. The lowest BCUT2D eigenvalue weighted by Crippen LogP contribution is -1.86. The Labute approximate surface area is 90.1 Å². The number of aromatic hydroxyl groups is 1. The minimum atomic E-state index is 0.0139. The first kappa shape index (κ1) is 10.8. The Morgan fingerprint density at radius 1 is 1.50 bits per heavy atom. The van der Waals surface area contributed by atoms with Crippen LogP contribution in [0.5, 0.6) is 11.5 Å². The number of methoxy groups -OCH3 is 1. The van der Waals surface area contributed by atoms with E-state index in [1.165, 1.54) is 19.3 Å². The van der Waals surface area contributed by atoms with Crippen LogP contribution >= 0.6 is 15.9 Å². The van der Waals surface area contributed by atoms with Crippen LogP contribution in [0.2, 0.25) is 0 Å². The fraction of sp³-hybridized carbons (Fsp3) is 0.100. The highest BCUT2D eigenvalue weighted by Gasteiger charge is 2.08. The van der Waals surface area contributed by atoms with Gasteiger partial charge in [0.25, 0.3) is 0 Å². The number of allylic oxidation sites excluding steroid dienone is 1. The summed E-state index contributed by atoms with van der Waals surface area (Å²) >= 11 is 3.26. The van der Waals surface area contributed by atoms with E-state index in [0.29, 0.717) is 22.1 Å². The number of halogens is 1. The van der Waals surface area contributed by atoms with Gasteiger partial charge in [0.1, 0.15) is 6.29 Å². The number of phenols is 1. The molecule has 0 aromatic heterocycles. The van der Waals surface area contributed by atoms with E-state index in [4.69, 9.17) is 4.74 Å². The van der Waals surface area contributed by atoms with E-state index in [0.717, 1.165) is 0 Å². The Kier molecular flexibility index (Phi) is 3.71. The standard InChI is InChI=1S/C10H9BrO3/c1-14-9-5-4-8(11)7(10(9)13)3-2-6-12/h2-6,13H,1H3. The van der Waals surface area contributed by atoms with E-state index in [2.05, 4.69) is 15.9 Å². The van der Waals surface area contributed by atoms with Crippen LogP contribution in [-0.4, -0.2) is 18.5 Å². The lowest BCUT2D eigenvalue weighted by atomic mass is 10.1. The number of carbonyl (C=O) groups is 1. The maximum atomic E-state index is 10.1. The van der Waals surface area contributed by atoms with Crippen LogP contribution in [0, 0.1) is 0 Å². The number of rotatable bonds is 3. The largest absolute Gasteiger partial charge is 0.504 e. The molecule has 0 saturated heterocycles. The first-order chi connectivity index (χ1) is 6.70. The molecule has 4 heteroatoms. The van der Waals surface area contributed by atoms with Crippen molar-refractivity contribution in [2.75, 3.05) is 7.11 Å². The van der Waals surface area contributed by atoms with Crippen LogP contribution < -0.4 is 4.74 Å². The molecule has 14 heavy (non-hydrogen) atoms. The van der Waals surface area contributed by atoms with E-state index in [9.17, 15) is 9.90 Å². The number of hydrogen-bond donors (Lipinski definition) is 1. The number of carbonyl (C=O) groups excluding carboxylic acids is 1. The van der Waals surface area contributed by atoms with Crippen molar-refractivity contribution in [3.8, 4) is 11.5 Å². The van der Waals surface area contributed by atoms with Crippen molar-refractivity contribution in [2.24, 2.45) is 0 Å². The summed E-state index contributed by atoms with van der Waals surface area (Å²) in [4.78, 5) is 10.1. The van der Waals surface area contributed by atoms with Gasteiger partial charge >= 0.3 is 0 Å². The number of phenolic OH excluding ortho intramolecular Hbond substituents is 1. The molecule has 0 aliphatic heterocycles. The van der Waals surface area contributed by atoms with Gasteiger partial charge in [-0.1, -0.05) is 15.9 Å². The average Bonchev–Trinajstić information content (AvgIpc) is 2.18. The third kappa shape index (κ3) is 2.14. The predicted molar refractivity (Wildman–Crippen MR) is 57.5 cm³/mol. The van der Waals surface area contributed by atoms with E-state index in [-0.39, 0.29) is 5.75 Å². The van der Waals surface area contributed by atoms with Gasteiger partial charge in [-0.25, -0.2) is 0 Å². The number of ether oxygens (including phenoxy) is 1. The van der Waals surface area contributed by atoms with Gasteiger partial charge in [0, 0.05) is 10.0 Å². The molecule has 3 nitrogen and oxygen atoms in total. The van der Waals surface area contributed by atoms with Gasteiger partial charge in [0.15, 0.2) is 11.5 Å². The fourth-order valence-electron chi connectivity index (χ4n) is 1.02. The summed E-state index contributed by atoms with van der Waals surface area (Å²) in [6.45, 7) is 0. The Morgan fingerprint density at radius 3 is 2.79 bits per heavy atom. The highest BCUT2D eigenvalue weighted by atomic mass is 79.9. The normalized spacial score (nSPS) is 10.4. The molecule has 0 fully saturated rings. The first-order valence-corrected chi connectivity index (χ1v) is 4.67. The van der Waals surface area contributed by atoms with Crippen LogP contribution in [0.3, 0.4) is 0 Å². The summed E-state index contributed by atoms with van der Waals surface area (Å²) in [5.74, 6) is 0.388. The van der Waals surface area contributed by atoms with Crippen molar-refractivity contribution >= 4 is 28.3 Å². The molecule has 0 saturated carbocycles. The maximum Gasteiger partial charge on any atom is 0.166 e. The first-order valence-electron chi connectivity index (χ1n) is 3.88. The van der Waals surface area contributed by atoms with Gasteiger partial charge in [0.05, 0.1) is 7.11 Å². The zero-order valence-corrected chi connectivity index (χ0v) is 9.11. The third-order valence-corrected chi connectivity index (χ3v) is 2.38. The second-order valence-corrected chi connectivity index (χ2v) is 3.36. The quantitative estimate of drug-likeness (QED) is 0.668. The summed E-state index contributed by atoms with van der Waals surface area (Å²) in [5.41, 5.74) is 0.524. The summed E-state index contributed by atoms with van der Waals surface area (Å²) in [6.07, 6.45) is 3.46. The molecule has 1 aromatic rings. The van der Waals surface area contributed by atoms with Crippen LogP contribution in [0.4, 0.5) is 0 Å². The van der Waals surface area contributed by atoms with Gasteiger partial charge < -0.3 is 9.84 Å². The lowest BCUT2D eigenvalue weighted by Gasteiger charge is -2.07. The predicted octanol–water partition coefficient (Wildman–Crippen LogP) is 2.38.